The minimum atomic E-state index is -1.55. The predicted molar refractivity (Wildman–Crippen MR) is 110 cm³/mol. The Hall–Kier alpha value is -3.72. The second kappa shape index (κ2) is 10.9. The number of aliphatic hydroxyl groups excluding tert-OH is 1. The van der Waals surface area contributed by atoms with Gasteiger partial charge in [0.05, 0.1) is 6.10 Å². The van der Waals surface area contributed by atoms with Gasteiger partial charge in [-0.15, -0.1) is 0 Å². The Morgan fingerprint density at radius 2 is 1.19 bits per heavy atom. The molecule has 2 rings (SSSR count). The average molecular weight is 428 g/mol. The number of benzene rings is 2. The number of carboxylic acids is 1. The lowest BCUT2D eigenvalue weighted by Gasteiger charge is -2.25. The highest BCUT2D eigenvalue weighted by atomic mass is 16.5. The topological polar surface area (TPSA) is 142 Å². The standard InChI is InChI=1S/C22H24N2O7/c1-13(25)17(23-19(26)15-9-5-3-6-10-15)22(30)31-14(2)18(21(28)29)24-20(27)16-11-7-4-8-12-16/h3-14,17-18,25H,1-2H3,(H,23,26)(H,24,27)(H,28,29)/t13-,14-,17-,18-/m0/s1. The van der Waals surface area contributed by atoms with Crippen LogP contribution >= 0.6 is 0 Å². The maximum absolute atomic E-state index is 12.5. The molecule has 2 amide bonds. The minimum Gasteiger partial charge on any atom is -0.480 e. The maximum atomic E-state index is 12.5. The van der Waals surface area contributed by atoms with Crippen molar-refractivity contribution in [1.29, 1.82) is 0 Å². The first kappa shape index (κ1) is 23.6. The van der Waals surface area contributed by atoms with Crippen molar-refractivity contribution in [3.05, 3.63) is 71.8 Å². The molecule has 0 aromatic heterocycles. The third-order valence-electron chi connectivity index (χ3n) is 4.42. The predicted octanol–water partition coefficient (Wildman–Crippen LogP) is 0.981. The van der Waals surface area contributed by atoms with E-state index in [2.05, 4.69) is 10.6 Å². The molecule has 0 radical (unpaired) electrons. The number of carbonyl (C=O) groups is 4. The summed E-state index contributed by atoms with van der Waals surface area (Å²) in [7, 11) is 0. The summed E-state index contributed by atoms with van der Waals surface area (Å²) in [5, 5.41) is 24.1. The number of nitrogens with one attached hydrogen (secondary N) is 2. The van der Waals surface area contributed by atoms with Crippen molar-refractivity contribution in [3.63, 3.8) is 0 Å². The summed E-state index contributed by atoms with van der Waals surface area (Å²) in [4.78, 5) is 48.8. The number of ether oxygens (including phenoxy) is 1. The van der Waals surface area contributed by atoms with Crippen molar-refractivity contribution < 1.29 is 34.1 Å². The van der Waals surface area contributed by atoms with Crippen molar-refractivity contribution in [3.8, 4) is 0 Å². The van der Waals surface area contributed by atoms with Gasteiger partial charge in [0.2, 0.25) is 0 Å². The van der Waals surface area contributed by atoms with E-state index in [9.17, 15) is 29.4 Å². The summed E-state index contributed by atoms with van der Waals surface area (Å²) in [5.41, 5.74) is 0.511. The van der Waals surface area contributed by atoms with Crippen LogP contribution in [-0.4, -0.2) is 58.3 Å². The second-order valence-electron chi connectivity index (χ2n) is 6.86. The fourth-order valence-corrected chi connectivity index (χ4v) is 2.71. The van der Waals surface area contributed by atoms with E-state index in [1.807, 2.05) is 0 Å². The van der Waals surface area contributed by atoms with E-state index in [0.717, 1.165) is 0 Å². The SMILES string of the molecule is C[C@H](O)[C@H](NC(=O)c1ccccc1)C(=O)O[C@@H](C)[C@H](NC(=O)c1ccccc1)C(=O)O. The molecule has 0 fully saturated rings. The molecule has 31 heavy (non-hydrogen) atoms. The Balaban J connectivity index is 2.07. The Morgan fingerprint density at radius 3 is 1.58 bits per heavy atom. The third-order valence-corrected chi connectivity index (χ3v) is 4.42. The van der Waals surface area contributed by atoms with Crippen LogP contribution in [0.1, 0.15) is 34.6 Å². The molecule has 4 atom stereocenters. The fraction of sp³-hybridized carbons (Fsp3) is 0.273. The van der Waals surface area contributed by atoms with E-state index in [1.54, 1.807) is 36.4 Å². The normalized spacial score (nSPS) is 14.4. The van der Waals surface area contributed by atoms with Crippen LogP contribution in [-0.2, 0) is 14.3 Å². The number of hydrogen-bond donors (Lipinski definition) is 4. The molecule has 164 valence electrons. The molecule has 0 heterocycles. The first-order valence-corrected chi connectivity index (χ1v) is 9.54. The van der Waals surface area contributed by atoms with E-state index in [1.165, 1.54) is 38.1 Å². The van der Waals surface area contributed by atoms with Gasteiger partial charge in [-0.1, -0.05) is 36.4 Å². The van der Waals surface area contributed by atoms with Crippen LogP contribution in [0.15, 0.2) is 60.7 Å². The summed E-state index contributed by atoms with van der Waals surface area (Å²) >= 11 is 0. The van der Waals surface area contributed by atoms with Gasteiger partial charge in [0.15, 0.2) is 12.1 Å². The highest BCUT2D eigenvalue weighted by Gasteiger charge is 2.34. The molecule has 0 unspecified atom stereocenters. The van der Waals surface area contributed by atoms with E-state index in [-0.39, 0.29) is 11.1 Å². The van der Waals surface area contributed by atoms with Crippen LogP contribution in [0, 0.1) is 0 Å². The van der Waals surface area contributed by atoms with Crippen molar-refractivity contribution in [1.82, 2.24) is 10.6 Å². The molecule has 0 saturated carbocycles. The van der Waals surface area contributed by atoms with E-state index in [4.69, 9.17) is 4.74 Å². The molecule has 0 aliphatic carbocycles. The Morgan fingerprint density at radius 1 is 0.774 bits per heavy atom. The molecule has 0 aliphatic heterocycles. The number of carboxylic acid groups (broad SMARTS) is 1. The van der Waals surface area contributed by atoms with Gasteiger partial charge in [0.25, 0.3) is 11.8 Å². The molecule has 9 nitrogen and oxygen atoms in total. The van der Waals surface area contributed by atoms with Crippen molar-refractivity contribution in [2.75, 3.05) is 0 Å². The van der Waals surface area contributed by atoms with E-state index in [0.29, 0.717) is 0 Å². The first-order chi connectivity index (χ1) is 14.7. The van der Waals surface area contributed by atoms with Crippen molar-refractivity contribution >= 4 is 23.8 Å². The smallest absolute Gasteiger partial charge is 0.331 e. The van der Waals surface area contributed by atoms with Crippen LogP contribution in [0.2, 0.25) is 0 Å². The highest BCUT2D eigenvalue weighted by molar-refractivity contribution is 5.97. The molecule has 2 aromatic rings. The van der Waals surface area contributed by atoms with Crippen LogP contribution in [0.4, 0.5) is 0 Å². The number of esters is 1. The van der Waals surface area contributed by atoms with E-state index >= 15 is 0 Å². The number of aliphatic carboxylic acids is 1. The van der Waals surface area contributed by atoms with Crippen LogP contribution in [0.25, 0.3) is 0 Å². The van der Waals surface area contributed by atoms with Gasteiger partial charge in [-0.3, -0.25) is 9.59 Å². The first-order valence-electron chi connectivity index (χ1n) is 9.54. The number of amides is 2. The van der Waals surface area contributed by atoms with Gasteiger partial charge in [0.1, 0.15) is 6.10 Å². The Labute approximate surface area is 179 Å². The largest absolute Gasteiger partial charge is 0.480 e. The summed E-state index contributed by atoms with van der Waals surface area (Å²) < 4.78 is 5.16. The van der Waals surface area contributed by atoms with E-state index < -0.39 is 48.0 Å². The number of rotatable bonds is 9. The summed E-state index contributed by atoms with van der Waals surface area (Å²) in [6.07, 6.45) is -2.60. The lowest BCUT2D eigenvalue weighted by molar-refractivity contribution is -0.158. The zero-order valence-corrected chi connectivity index (χ0v) is 17.0. The summed E-state index contributed by atoms with van der Waals surface area (Å²) in [6, 6.07) is 13.0. The molecule has 0 saturated heterocycles. The maximum Gasteiger partial charge on any atom is 0.331 e. The van der Waals surface area contributed by atoms with Gasteiger partial charge >= 0.3 is 11.9 Å². The van der Waals surface area contributed by atoms with Gasteiger partial charge in [-0.25, -0.2) is 9.59 Å². The van der Waals surface area contributed by atoms with Gasteiger partial charge < -0.3 is 25.6 Å². The van der Waals surface area contributed by atoms with Gasteiger partial charge in [-0.2, -0.15) is 0 Å². The number of hydrogen-bond acceptors (Lipinski definition) is 6. The van der Waals surface area contributed by atoms with Crippen LogP contribution in [0.3, 0.4) is 0 Å². The zero-order chi connectivity index (χ0) is 23.0. The monoisotopic (exact) mass is 428 g/mol. The lowest BCUT2D eigenvalue weighted by atomic mass is 10.1. The number of carbonyl (C=O) groups excluding carboxylic acids is 3. The lowest BCUT2D eigenvalue weighted by Crippen LogP contribution is -2.53. The Kier molecular flexibility index (Phi) is 8.27. The second-order valence-corrected chi connectivity index (χ2v) is 6.86. The highest BCUT2D eigenvalue weighted by Crippen LogP contribution is 2.08. The van der Waals surface area contributed by atoms with Crippen LogP contribution < -0.4 is 10.6 Å². The quantitative estimate of drug-likeness (QED) is 0.436. The molecule has 0 spiro atoms. The molecule has 0 aliphatic rings. The molecular weight excluding hydrogens is 404 g/mol. The van der Waals surface area contributed by atoms with Gasteiger partial charge in [0, 0.05) is 11.1 Å². The third kappa shape index (κ3) is 6.65. The fourth-order valence-electron chi connectivity index (χ4n) is 2.71. The Bertz CT molecular complexity index is 916. The van der Waals surface area contributed by atoms with Crippen LogP contribution in [0.5, 0.6) is 0 Å². The minimum absolute atomic E-state index is 0.240. The van der Waals surface area contributed by atoms with Crippen molar-refractivity contribution in [2.45, 2.75) is 38.1 Å². The summed E-state index contributed by atoms with van der Waals surface area (Å²) in [5.74, 6) is -3.71. The van der Waals surface area contributed by atoms with Crippen molar-refractivity contribution in [2.24, 2.45) is 0 Å². The van der Waals surface area contributed by atoms with Gasteiger partial charge in [-0.05, 0) is 38.1 Å². The molecule has 2 aromatic carbocycles. The summed E-state index contributed by atoms with van der Waals surface area (Å²) in [6.45, 7) is 2.58. The number of aliphatic hydroxyl groups is 1. The average Bonchev–Trinajstić information content (AvgIpc) is 2.75. The molecule has 9 heteroatoms. The molecule has 4 N–H and O–H groups in total. The zero-order valence-electron chi connectivity index (χ0n) is 17.0. The molecular formula is C22H24N2O7. The molecule has 0 bridgehead atoms.